The summed E-state index contributed by atoms with van der Waals surface area (Å²) in [4.78, 5) is 0. The molecule has 5 heteroatoms. The Morgan fingerprint density at radius 3 is 3.11 bits per heavy atom. The standard InChI is InChI=1S/C14H15BrFN3/c1-19-14-4-2-3-12(10(14)8-17-19)18-13-6-5-9(15)7-11(13)16/h5-8,12,18H,2-4H2,1H3. The number of fused-ring (bicyclic) bond motifs is 1. The number of rotatable bonds is 2. The van der Waals surface area contributed by atoms with Crippen LogP contribution >= 0.6 is 15.9 Å². The second kappa shape index (κ2) is 4.96. The Morgan fingerprint density at radius 2 is 2.32 bits per heavy atom. The molecule has 0 radical (unpaired) electrons. The van der Waals surface area contributed by atoms with E-state index in [0.717, 1.165) is 23.7 Å². The molecule has 3 rings (SSSR count). The summed E-state index contributed by atoms with van der Waals surface area (Å²) in [6.45, 7) is 0. The fourth-order valence-corrected chi connectivity index (χ4v) is 2.98. The molecule has 1 aliphatic rings. The maximum atomic E-state index is 13.9. The maximum absolute atomic E-state index is 13.9. The number of halogens is 2. The zero-order valence-corrected chi connectivity index (χ0v) is 12.2. The van der Waals surface area contributed by atoms with Crippen LogP contribution in [-0.4, -0.2) is 9.78 Å². The summed E-state index contributed by atoms with van der Waals surface area (Å²) in [6.07, 6.45) is 5.05. The molecule has 0 bridgehead atoms. The predicted octanol–water partition coefficient (Wildman–Crippen LogP) is 3.81. The van der Waals surface area contributed by atoms with E-state index in [1.807, 2.05) is 24.0 Å². The molecule has 0 saturated heterocycles. The smallest absolute Gasteiger partial charge is 0.147 e. The highest BCUT2D eigenvalue weighted by molar-refractivity contribution is 9.10. The van der Waals surface area contributed by atoms with Crippen LogP contribution in [0.2, 0.25) is 0 Å². The van der Waals surface area contributed by atoms with E-state index in [2.05, 4.69) is 26.3 Å². The Morgan fingerprint density at radius 1 is 1.47 bits per heavy atom. The highest BCUT2D eigenvalue weighted by Gasteiger charge is 2.23. The summed E-state index contributed by atoms with van der Waals surface area (Å²) >= 11 is 3.27. The average molecular weight is 324 g/mol. The molecule has 100 valence electrons. The van der Waals surface area contributed by atoms with Crippen molar-refractivity contribution < 1.29 is 4.39 Å². The molecule has 1 heterocycles. The topological polar surface area (TPSA) is 29.9 Å². The molecule has 1 unspecified atom stereocenters. The Bertz CT molecular complexity index is 609. The second-order valence-electron chi connectivity index (χ2n) is 4.88. The van der Waals surface area contributed by atoms with E-state index < -0.39 is 0 Å². The van der Waals surface area contributed by atoms with Gasteiger partial charge in [0, 0.05) is 22.8 Å². The number of benzene rings is 1. The van der Waals surface area contributed by atoms with Crippen LogP contribution in [0.25, 0.3) is 0 Å². The number of aromatic nitrogens is 2. The van der Waals surface area contributed by atoms with E-state index in [1.165, 1.54) is 17.3 Å². The molecule has 3 nitrogen and oxygen atoms in total. The first-order valence-electron chi connectivity index (χ1n) is 6.37. The number of aryl methyl sites for hydroxylation is 1. The molecule has 19 heavy (non-hydrogen) atoms. The zero-order valence-electron chi connectivity index (χ0n) is 10.7. The number of nitrogens with one attached hydrogen (secondary N) is 1. The van der Waals surface area contributed by atoms with Gasteiger partial charge in [0.15, 0.2) is 0 Å². The van der Waals surface area contributed by atoms with Gasteiger partial charge in [0.05, 0.1) is 17.9 Å². The summed E-state index contributed by atoms with van der Waals surface area (Å²) in [7, 11) is 1.96. The van der Waals surface area contributed by atoms with Crippen LogP contribution in [0.3, 0.4) is 0 Å². The van der Waals surface area contributed by atoms with Crippen molar-refractivity contribution >= 4 is 21.6 Å². The number of nitrogens with zero attached hydrogens (tertiary/aromatic N) is 2. The van der Waals surface area contributed by atoms with Crippen molar-refractivity contribution in [2.75, 3.05) is 5.32 Å². The summed E-state index contributed by atoms with van der Waals surface area (Å²) in [5.41, 5.74) is 2.99. The lowest BCUT2D eigenvalue weighted by atomic mass is 9.93. The number of hydrogen-bond donors (Lipinski definition) is 1. The number of hydrogen-bond acceptors (Lipinski definition) is 2. The van der Waals surface area contributed by atoms with Crippen molar-refractivity contribution in [3.05, 3.63) is 45.9 Å². The number of anilines is 1. The van der Waals surface area contributed by atoms with Crippen molar-refractivity contribution in [1.29, 1.82) is 0 Å². The molecule has 0 fully saturated rings. The molecule has 0 aliphatic heterocycles. The first kappa shape index (κ1) is 12.7. The summed E-state index contributed by atoms with van der Waals surface area (Å²) in [5.74, 6) is -0.231. The van der Waals surface area contributed by atoms with E-state index >= 15 is 0 Å². The van der Waals surface area contributed by atoms with Gasteiger partial charge in [-0.2, -0.15) is 5.10 Å². The fourth-order valence-electron chi connectivity index (χ4n) is 2.65. The van der Waals surface area contributed by atoms with Crippen LogP contribution in [0, 0.1) is 5.82 Å². The molecule has 0 saturated carbocycles. The van der Waals surface area contributed by atoms with Gasteiger partial charge in [0.2, 0.25) is 0 Å². The molecule has 2 aromatic rings. The lowest BCUT2D eigenvalue weighted by Gasteiger charge is -2.25. The highest BCUT2D eigenvalue weighted by Crippen LogP contribution is 2.33. The monoisotopic (exact) mass is 323 g/mol. The van der Waals surface area contributed by atoms with Crippen LogP contribution in [0.15, 0.2) is 28.9 Å². The molecule has 1 atom stereocenters. The van der Waals surface area contributed by atoms with Gasteiger partial charge in [0.1, 0.15) is 5.82 Å². The van der Waals surface area contributed by atoms with Crippen LogP contribution < -0.4 is 5.32 Å². The van der Waals surface area contributed by atoms with Gasteiger partial charge < -0.3 is 5.32 Å². The van der Waals surface area contributed by atoms with Crippen LogP contribution in [0.5, 0.6) is 0 Å². The molecule has 0 spiro atoms. The first-order valence-corrected chi connectivity index (χ1v) is 7.17. The first-order chi connectivity index (χ1) is 9.15. The minimum Gasteiger partial charge on any atom is -0.376 e. The van der Waals surface area contributed by atoms with Crippen molar-refractivity contribution in [3.8, 4) is 0 Å². The average Bonchev–Trinajstić information content (AvgIpc) is 2.76. The van der Waals surface area contributed by atoms with E-state index in [-0.39, 0.29) is 11.9 Å². The van der Waals surface area contributed by atoms with Gasteiger partial charge in [0.25, 0.3) is 0 Å². The highest BCUT2D eigenvalue weighted by atomic mass is 79.9. The third-order valence-electron chi connectivity index (χ3n) is 3.64. The largest absolute Gasteiger partial charge is 0.376 e. The maximum Gasteiger partial charge on any atom is 0.147 e. The zero-order chi connectivity index (χ0) is 13.4. The predicted molar refractivity (Wildman–Crippen MR) is 76.6 cm³/mol. The van der Waals surface area contributed by atoms with Crippen molar-refractivity contribution in [1.82, 2.24) is 9.78 Å². The summed E-state index contributed by atoms with van der Waals surface area (Å²) in [5, 5.41) is 7.60. The van der Waals surface area contributed by atoms with Gasteiger partial charge >= 0.3 is 0 Å². The fraction of sp³-hybridized carbons (Fsp3) is 0.357. The van der Waals surface area contributed by atoms with Crippen LogP contribution in [-0.2, 0) is 13.5 Å². The minimum absolute atomic E-state index is 0.146. The van der Waals surface area contributed by atoms with Gasteiger partial charge in [-0.15, -0.1) is 0 Å². The van der Waals surface area contributed by atoms with Gasteiger partial charge in [-0.3, -0.25) is 4.68 Å². The van der Waals surface area contributed by atoms with E-state index in [1.54, 1.807) is 6.07 Å². The van der Waals surface area contributed by atoms with Gasteiger partial charge in [-0.1, -0.05) is 15.9 Å². The molecule has 1 N–H and O–H groups in total. The molecular formula is C14H15BrFN3. The minimum atomic E-state index is -0.231. The second-order valence-corrected chi connectivity index (χ2v) is 5.80. The van der Waals surface area contributed by atoms with Crippen LogP contribution in [0.4, 0.5) is 10.1 Å². The Hall–Kier alpha value is -1.36. The molecular weight excluding hydrogens is 309 g/mol. The van der Waals surface area contributed by atoms with Crippen molar-refractivity contribution in [2.45, 2.75) is 25.3 Å². The van der Waals surface area contributed by atoms with E-state index in [9.17, 15) is 4.39 Å². The molecule has 1 aliphatic carbocycles. The quantitative estimate of drug-likeness (QED) is 0.910. The third kappa shape index (κ3) is 2.39. The van der Waals surface area contributed by atoms with E-state index in [4.69, 9.17) is 0 Å². The third-order valence-corrected chi connectivity index (χ3v) is 4.13. The molecule has 1 aromatic carbocycles. The van der Waals surface area contributed by atoms with Gasteiger partial charge in [-0.25, -0.2) is 4.39 Å². The van der Waals surface area contributed by atoms with Crippen LogP contribution in [0.1, 0.15) is 30.1 Å². The molecule has 1 aromatic heterocycles. The lowest BCUT2D eigenvalue weighted by Crippen LogP contribution is -2.18. The SMILES string of the molecule is Cn1ncc2c1CCCC2Nc1ccc(Br)cc1F. The van der Waals surface area contributed by atoms with Gasteiger partial charge in [-0.05, 0) is 37.5 Å². The summed E-state index contributed by atoms with van der Waals surface area (Å²) < 4.78 is 16.5. The van der Waals surface area contributed by atoms with Crippen molar-refractivity contribution in [3.63, 3.8) is 0 Å². The van der Waals surface area contributed by atoms with E-state index in [0.29, 0.717) is 5.69 Å². The lowest BCUT2D eigenvalue weighted by molar-refractivity contribution is 0.564. The Labute approximate surface area is 119 Å². The Kier molecular flexibility index (Phi) is 3.31. The normalized spacial score (nSPS) is 18.2. The molecule has 0 amide bonds. The summed E-state index contributed by atoms with van der Waals surface area (Å²) in [6, 6.07) is 5.24. The Balaban J connectivity index is 1.88. The van der Waals surface area contributed by atoms with Crippen molar-refractivity contribution in [2.24, 2.45) is 7.05 Å².